The van der Waals surface area contributed by atoms with Crippen LogP contribution in [0.4, 0.5) is 0 Å². The fraction of sp³-hybridized carbons (Fsp3) is 0.188. The van der Waals surface area contributed by atoms with Crippen LogP contribution < -0.4 is 11.3 Å². The van der Waals surface area contributed by atoms with Gasteiger partial charge in [0.2, 0.25) is 5.91 Å². The predicted octanol–water partition coefficient (Wildman–Crippen LogP) is 4.23. The van der Waals surface area contributed by atoms with Crippen molar-refractivity contribution in [3.8, 4) is 11.1 Å². The number of thiophene rings is 1. The van der Waals surface area contributed by atoms with Gasteiger partial charge in [0.15, 0.2) is 5.16 Å². The fourth-order valence-corrected chi connectivity index (χ4v) is 4.53. The Bertz CT molecular complexity index is 1050. The number of amides is 1. The number of halogens is 2. The molecule has 0 fully saturated rings. The number of nitrogens with zero attached hydrogens (tertiary/aromatic N) is 1. The van der Waals surface area contributed by atoms with Gasteiger partial charge in [-0.15, -0.1) is 11.3 Å². The minimum atomic E-state index is -0.490. The van der Waals surface area contributed by atoms with Gasteiger partial charge in [0.25, 0.3) is 5.56 Å². The molecule has 0 aliphatic heterocycles. The quantitative estimate of drug-likeness (QED) is 0.494. The van der Waals surface area contributed by atoms with E-state index in [-0.39, 0.29) is 5.56 Å². The predicted molar refractivity (Wildman–Crippen MR) is 105 cm³/mol. The highest BCUT2D eigenvalue weighted by Crippen LogP contribution is 2.38. The zero-order chi connectivity index (χ0) is 18.3. The second-order valence-corrected chi connectivity index (χ2v) is 8.72. The van der Waals surface area contributed by atoms with Gasteiger partial charge < -0.3 is 10.7 Å². The molecule has 2 heterocycles. The number of benzene rings is 1. The van der Waals surface area contributed by atoms with E-state index in [1.807, 2.05) is 13.0 Å². The number of carbonyl (C=O) groups is 1. The number of hydrogen-bond donors (Lipinski definition) is 2. The minimum Gasteiger partial charge on any atom is -0.369 e. The number of fused-ring (bicyclic) bond motifs is 1. The van der Waals surface area contributed by atoms with Gasteiger partial charge in [-0.05, 0) is 31.5 Å². The maximum absolute atomic E-state index is 12.6. The SMILES string of the molecule is Cc1sc2nc(SC(C)C(N)=O)[nH]c(=O)c2c1-c1ccc(Cl)c(Cl)c1. The summed E-state index contributed by atoms with van der Waals surface area (Å²) in [5.74, 6) is -0.466. The van der Waals surface area contributed by atoms with Crippen LogP contribution in [0.25, 0.3) is 21.3 Å². The highest BCUT2D eigenvalue weighted by Gasteiger charge is 2.19. The molecule has 1 unspecified atom stereocenters. The van der Waals surface area contributed by atoms with Gasteiger partial charge in [-0.3, -0.25) is 9.59 Å². The van der Waals surface area contributed by atoms with Crippen LogP contribution in [0.5, 0.6) is 0 Å². The molecule has 3 rings (SSSR count). The first kappa shape index (κ1) is 18.3. The number of nitrogens with one attached hydrogen (secondary N) is 1. The van der Waals surface area contributed by atoms with Crippen molar-refractivity contribution in [1.82, 2.24) is 9.97 Å². The number of H-pyrrole nitrogens is 1. The molecule has 1 amide bonds. The summed E-state index contributed by atoms with van der Waals surface area (Å²) in [6.07, 6.45) is 0. The highest BCUT2D eigenvalue weighted by molar-refractivity contribution is 8.00. The van der Waals surface area contributed by atoms with Crippen LogP contribution in [-0.2, 0) is 4.79 Å². The van der Waals surface area contributed by atoms with Crippen LogP contribution in [-0.4, -0.2) is 21.1 Å². The minimum absolute atomic E-state index is 0.269. The normalized spacial score (nSPS) is 12.5. The molecule has 0 bridgehead atoms. The highest BCUT2D eigenvalue weighted by atomic mass is 35.5. The molecule has 0 radical (unpaired) electrons. The van der Waals surface area contributed by atoms with Crippen molar-refractivity contribution in [3.63, 3.8) is 0 Å². The first-order valence-electron chi connectivity index (χ1n) is 7.22. The van der Waals surface area contributed by atoms with Crippen molar-refractivity contribution in [3.05, 3.63) is 43.5 Å². The third-order valence-electron chi connectivity index (χ3n) is 3.61. The van der Waals surface area contributed by atoms with Crippen LogP contribution in [0.15, 0.2) is 28.2 Å². The average molecular weight is 414 g/mol. The number of thioether (sulfide) groups is 1. The van der Waals surface area contributed by atoms with Crippen LogP contribution in [0, 0.1) is 6.92 Å². The van der Waals surface area contributed by atoms with E-state index >= 15 is 0 Å². The molecule has 130 valence electrons. The molecule has 1 aromatic carbocycles. The Morgan fingerprint density at radius 2 is 2.08 bits per heavy atom. The number of hydrogen-bond acceptors (Lipinski definition) is 5. The van der Waals surface area contributed by atoms with Crippen LogP contribution in [0.1, 0.15) is 11.8 Å². The van der Waals surface area contributed by atoms with Gasteiger partial charge >= 0.3 is 0 Å². The molecule has 3 aromatic rings. The Balaban J connectivity index is 2.16. The van der Waals surface area contributed by atoms with E-state index in [9.17, 15) is 9.59 Å². The molecule has 9 heteroatoms. The summed E-state index contributed by atoms with van der Waals surface area (Å²) in [5.41, 5.74) is 6.58. The van der Waals surface area contributed by atoms with Gasteiger partial charge in [-0.25, -0.2) is 4.98 Å². The Morgan fingerprint density at radius 1 is 1.36 bits per heavy atom. The van der Waals surface area contributed by atoms with Crippen molar-refractivity contribution in [2.24, 2.45) is 5.73 Å². The number of nitrogens with two attached hydrogens (primary N) is 1. The van der Waals surface area contributed by atoms with Crippen molar-refractivity contribution in [2.45, 2.75) is 24.3 Å². The largest absolute Gasteiger partial charge is 0.369 e. The number of aryl methyl sites for hydroxylation is 1. The third kappa shape index (κ3) is 3.55. The standard InChI is InChI=1S/C16H13Cl2N3O2S2/c1-6-11(8-3-4-9(17)10(18)5-8)12-14(23)20-16(21-15(12)24-6)25-7(2)13(19)22/h3-5,7H,1-2H3,(H2,19,22)(H,20,21,23). The van der Waals surface area contributed by atoms with Crippen molar-refractivity contribution >= 4 is 62.4 Å². The summed E-state index contributed by atoms with van der Waals surface area (Å²) in [5, 5.41) is 1.25. The molecular formula is C16H13Cl2N3O2S2. The lowest BCUT2D eigenvalue weighted by atomic mass is 10.0. The lowest BCUT2D eigenvalue weighted by Gasteiger charge is -2.06. The van der Waals surface area contributed by atoms with E-state index in [0.717, 1.165) is 27.8 Å². The second-order valence-electron chi connectivity index (χ2n) is 5.38. The summed E-state index contributed by atoms with van der Waals surface area (Å²) in [7, 11) is 0. The molecule has 0 spiro atoms. The maximum atomic E-state index is 12.6. The smallest absolute Gasteiger partial charge is 0.260 e. The molecular weight excluding hydrogens is 401 g/mol. The van der Waals surface area contributed by atoms with E-state index in [4.69, 9.17) is 28.9 Å². The third-order valence-corrected chi connectivity index (χ3v) is 6.35. The molecule has 0 saturated carbocycles. The maximum Gasteiger partial charge on any atom is 0.260 e. The van der Waals surface area contributed by atoms with E-state index in [0.29, 0.717) is 25.4 Å². The lowest BCUT2D eigenvalue weighted by Crippen LogP contribution is -2.23. The van der Waals surface area contributed by atoms with E-state index in [1.54, 1.807) is 19.1 Å². The fourth-order valence-electron chi connectivity index (χ4n) is 2.38. The van der Waals surface area contributed by atoms with Crippen molar-refractivity contribution in [2.75, 3.05) is 0 Å². The van der Waals surface area contributed by atoms with Gasteiger partial charge in [0, 0.05) is 10.4 Å². The molecule has 25 heavy (non-hydrogen) atoms. The van der Waals surface area contributed by atoms with E-state index < -0.39 is 11.2 Å². The zero-order valence-corrected chi connectivity index (χ0v) is 16.4. The van der Waals surface area contributed by atoms with Gasteiger partial charge in [0.05, 0.1) is 20.7 Å². The molecule has 2 aromatic heterocycles. The number of aromatic nitrogens is 2. The number of rotatable bonds is 4. The van der Waals surface area contributed by atoms with Gasteiger partial charge in [0.1, 0.15) is 4.83 Å². The molecule has 1 atom stereocenters. The van der Waals surface area contributed by atoms with E-state index in [1.165, 1.54) is 11.3 Å². The number of aromatic amines is 1. The second kappa shape index (κ2) is 6.99. The number of carbonyl (C=O) groups excluding carboxylic acids is 1. The topological polar surface area (TPSA) is 88.8 Å². The molecule has 5 nitrogen and oxygen atoms in total. The summed E-state index contributed by atoms with van der Waals surface area (Å²) in [6.45, 7) is 3.58. The Morgan fingerprint density at radius 3 is 2.72 bits per heavy atom. The van der Waals surface area contributed by atoms with Crippen molar-refractivity contribution in [1.29, 1.82) is 0 Å². The van der Waals surface area contributed by atoms with Crippen LogP contribution in [0.3, 0.4) is 0 Å². The first-order chi connectivity index (χ1) is 11.8. The molecule has 0 aliphatic carbocycles. The lowest BCUT2D eigenvalue weighted by molar-refractivity contribution is -0.117. The summed E-state index contributed by atoms with van der Waals surface area (Å²) in [6, 6.07) is 5.25. The van der Waals surface area contributed by atoms with Gasteiger partial charge in [-0.2, -0.15) is 0 Å². The van der Waals surface area contributed by atoms with E-state index in [2.05, 4.69) is 9.97 Å². The zero-order valence-electron chi connectivity index (χ0n) is 13.2. The molecule has 0 aliphatic rings. The Hall–Kier alpha value is -1.54. The summed E-state index contributed by atoms with van der Waals surface area (Å²) >= 11 is 14.6. The van der Waals surface area contributed by atoms with Crippen LogP contribution >= 0.6 is 46.3 Å². The number of primary amides is 1. The average Bonchev–Trinajstić information content (AvgIpc) is 2.86. The van der Waals surface area contributed by atoms with Gasteiger partial charge in [-0.1, -0.05) is 41.0 Å². The first-order valence-corrected chi connectivity index (χ1v) is 9.68. The summed E-state index contributed by atoms with van der Waals surface area (Å²) < 4.78 is 0. The Labute approximate surface area is 161 Å². The molecule has 3 N–H and O–H groups in total. The van der Waals surface area contributed by atoms with Crippen LogP contribution in [0.2, 0.25) is 10.0 Å². The monoisotopic (exact) mass is 413 g/mol. The molecule has 0 saturated heterocycles. The summed E-state index contributed by atoms with van der Waals surface area (Å²) in [4.78, 5) is 32.6. The van der Waals surface area contributed by atoms with Crippen molar-refractivity contribution < 1.29 is 4.79 Å². The Kier molecular flexibility index (Phi) is 5.11.